The smallest absolute Gasteiger partial charge is 0.307 e. The molecule has 2 aliphatic rings. The molecule has 2 fully saturated rings. The molecule has 2 saturated heterocycles. The van der Waals surface area contributed by atoms with Crippen LogP contribution in [0.5, 0.6) is 0 Å². The second-order valence-electron chi connectivity index (χ2n) is 5.97. The van der Waals surface area contributed by atoms with E-state index < -0.39 is 5.97 Å². The fraction of sp³-hybridized carbons (Fsp3) is 0.562. The summed E-state index contributed by atoms with van der Waals surface area (Å²) in [4.78, 5) is 13.2. The molecule has 0 bridgehead atoms. The van der Waals surface area contributed by atoms with Gasteiger partial charge in [-0.2, -0.15) is 0 Å². The maximum Gasteiger partial charge on any atom is 0.307 e. The number of ether oxygens (including phenoxy) is 1. The minimum Gasteiger partial charge on any atom is -0.481 e. The monoisotopic (exact) mass is 308 g/mol. The summed E-state index contributed by atoms with van der Waals surface area (Å²) in [6, 6.07) is 5.18. The van der Waals surface area contributed by atoms with Gasteiger partial charge in [0.2, 0.25) is 0 Å². The average Bonchev–Trinajstić information content (AvgIpc) is 3.00. The number of hydrogen-bond donors (Lipinski definition) is 2. The summed E-state index contributed by atoms with van der Waals surface area (Å²) >= 11 is 0. The standard InChI is InChI=1S/C16H21FN2O3/c17-14-7-11(15-8-13(9-18-15)16(20)21)1-2-12(14)10-19-3-5-22-6-4-19/h1-2,7,13,15,18H,3-6,8-10H2,(H,20,21). The van der Waals surface area contributed by atoms with Gasteiger partial charge >= 0.3 is 5.97 Å². The van der Waals surface area contributed by atoms with Crippen LogP contribution in [-0.2, 0) is 16.1 Å². The highest BCUT2D eigenvalue weighted by atomic mass is 19.1. The van der Waals surface area contributed by atoms with Crippen molar-refractivity contribution in [3.8, 4) is 0 Å². The molecule has 5 nitrogen and oxygen atoms in total. The normalized spacial score (nSPS) is 26.2. The summed E-state index contributed by atoms with van der Waals surface area (Å²) in [6.45, 7) is 4.07. The number of hydrogen-bond acceptors (Lipinski definition) is 4. The van der Waals surface area contributed by atoms with E-state index in [0.717, 1.165) is 18.7 Å². The number of nitrogens with zero attached hydrogens (tertiary/aromatic N) is 1. The van der Waals surface area contributed by atoms with Gasteiger partial charge in [0.05, 0.1) is 19.1 Å². The van der Waals surface area contributed by atoms with Gasteiger partial charge in [-0.05, 0) is 18.1 Å². The van der Waals surface area contributed by atoms with Crippen LogP contribution in [-0.4, -0.2) is 48.8 Å². The summed E-state index contributed by atoms with van der Waals surface area (Å²) in [7, 11) is 0. The Labute approximate surface area is 129 Å². The topological polar surface area (TPSA) is 61.8 Å². The van der Waals surface area contributed by atoms with Gasteiger partial charge in [0, 0.05) is 37.8 Å². The number of aliphatic carboxylic acids is 1. The SMILES string of the molecule is O=C(O)C1CNC(c2ccc(CN3CCOCC3)c(F)c2)C1. The molecular weight excluding hydrogens is 287 g/mol. The van der Waals surface area contributed by atoms with Crippen LogP contribution in [0.2, 0.25) is 0 Å². The maximum atomic E-state index is 14.3. The predicted octanol–water partition coefficient (Wildman–Crippen LogP) is 1.39. The highest BCUT2D eigenvalue weighted by Crippen LogP contribution is 2.28. The van der Waals surface area contributed by atoms with Gasteiger partial charge in [-0.3, -0.25) is 9.69 Å². The zero-order valence-corrected chi connectivity index (χ0v) is 12.4. The van der Waals surface area contributed by atoms with Gasteiger partial charge < -0.3 is 15.2 Å². The maximum absolute atomic E-state index is 14.3. The number of rotatable bonds is 4. The third-order valence-corrected chi connectivity index (χ3v) is 4.46. The lowest BCUT2D eigenvalue weighted by atomic mass is 9.99. The Morgan fingerprint density at radius 1 is 1.41 bits per heavy atom. The van der Waals surface area contributed by atoms with Crippen molar-refractivity contribution in [2.24, 2.45) is 5.92 Å². The molecule has 6 heteroatoms. The second kappa shape index (κ2) is 6.73. The van der Waals surface area contributed by atoms with Gasteiger partial charge in [0.15, 0.2) is 0 Å². The van der Waals surface area contributed by atoms with Crippen LogP contribution in [0.4, 0.5) is 4.39 Å². The second-order valence-corrected chi connectivity index (χ2v) is 5.97. The molecule has 2 aliphatic heterocycles. The first kappa shape index (κ1) is 15.4. The van der Waals surface area contributed by atoms with Crippen LogP contribution < -0.4 is 5.32 Å². The van der Waals surface area contributed by atoms with E-state index in [1.807, 2.05) is 12.1 Å². The molecular formula is C16H21FN2O3. The Morgan fingerprint density at radius 2 is 2.18 bits per heavy atom. The summed E-state index contributed by atoms with van der Waals surface area (Å²) < 4.78 is 19.6. The molecule has 22 heavy (non-hydrogen) atoms. The minimum absolute atomic E-state index is 0.0759. The van der Waals surface area contributed by atoms with Crippen LogP contribution in [0.15, 0.2) is 18.2 Å². The highest BCUT2D eigenvalue weighted by Gasteiger charge is 2.30. The summed E-state index contributed by atoms with van der Waals surface area (Å²) in [6.07, 6.45) is 0.511. The molecule has 2 unspecified atom stereocenters. The minimum atomic E-state index is -0.792. The molecule has 2 N–H and O–H groups in total. The van der Waals surface area contributed by atoms with Crippen molar-refractivity contribution in [1.29, 1.82) is 0 Å². The third kappa shape index (κ3) is 3.45. The molecule has 0 spiro atoms. The van der Waals surface area contributed by atoms with E-state index in [1.54, 1.807) is 0 Å². The van der Waals surface area contributed by atoms with E-state index in [2.05, 4.69) is 10.2 Å². The Bertz CT molecular complexity index is 546. The van der Waals surface area contributed by atoms with Gasteiger partial charge in [-0.25, -0.2) is 4.39 Å². The fourth-order valence-corrected chi connectivity index (χ4v) is 3.09. The van der Waals surface area contributed by atoms with E-state index in [9.17, 15) is 9.18 Å². The number of carbonyl (C=O) groups is 1. The van der Waals surface area contributed by atoms with Gasteiger partial charge in [0.1, 0.15) is 5.82 Å². The van der Waals surface area contributed by atoms with E-state index in [0.29, 0.717) is 38.3 Å². The van der Waals surface area contributed by atoms with E-state index in [4.69, 9.17) is 9.84 Å². The average molecular weight is 308 g/mol. The van der Waals surface area contributed by atoms with Crippen LogP contribution in [0.25, 0.3) is 0 Å². The summed E-state index contributed by atoms with van der Waals surface area (Å²) in [5.41, 5.74) is 1.51. The largest absolute Gasteiger partial charge is 0.481 e. The van der Waals surface area contributed by atoms with Crippen LogP contribution in [0.3, 0.4) is 0 Å². The Kier molecular flexibility index (Phi) is 4.71. The molecule has 2 atom stereocenters. The molecule has 1 aromatic carbocycles. The molecule has 3 rings (SSSR count). The van der Waals surface area contributed by atoms with Crippen molar-refractivity contribution in [1.82, 2.24) is 10.2 Å². The Hall–Kier alpha value is -1.50. The third-order valence-electron chi connectivity index (χ3n) is 4.46. The predicted molar refractivity (Wildman–Crippen MR) is 79.0 cm³/mol. The number of halogens is 1. The van der Waals surface area contributed by atoms with Gasteiger partial charge in [0.25, 0.3) is 0 Å². The molecule has 0 amide bonds. The lowest BCUT2D eigenvalue weighted by Gasteiger charge is -2.26. The van der Waals surface area contributed by atoms with Crippen LogP contribution in [0.1, 0.15) is 23.6 Å². The van der Waals surface area contributed by atoms with Crippen LogP contribution in [0, 0.1) is 11.7 Å². The van der Waals surface area contributed by atoms with Gasteiger partial charge in [-0.1, -0.05) is 12.1 Å². The van der Waals surface area contributed by atoms with E-state index >= 15 is 0 Å². The Balaban J connectivity index is 1.65. The highest BCUT2D eigenvalue weighted by molar-refractivity contribution is 5.70. The fourth-order valence-electron chi connectivity index (χ4n) is 3.09. The number of morpholine rings is 1. The molecule has 0 aliphatic carbocycles. The van der Waals surface area contributed by atoms with Crippen molar-refractivity contribution >= 4 is 5.97 Å². The van der Waals surface area contributed by atoms with Crippen molar-refractivity contribution in [2.75, 3.05) is 32.8 Å². The number of benzene rings is 1. The summed E-state index contributed by atoms with van der Waals surface area (Å²) in [5.74, 6) is -1.40. The first-order valence-corrected chi connectivity index (χ1v) is 7.68. The molecule has 0 aromatic heterocycles. The zero-order valence-electron chi connectivity index (χ0n) is 12.4. The zero-order chi connectivity index (χ0) is 15.5. The van der Waals surface area contributed by atoms with Crippen LogP contribution >= 0.6 is 0 Å². The van der Waals surface area contributed by atoms with E-state index in [1.165, 1.54) is 6.07 Å². The van der Waals surface area contributed by atoms with Crippen molar-refractivity contribution in [2.45, 2.75) is 19.0 Å². The molecule has 2 heterocycles. The number of nitrogens with one attached hydrogen (secondary N) is 1. The number of carboxylic acids is 1. The number of carboxylic acid groups (broad SMARTS) is 1. The van der Waals surface area contributed by atoms with Crippen molar-refractivity contribution < 1.29 is 19.0 Å². The molecule has 0 radical (unpaired) electrons. The molecule has 1 aromatic rings. The molecule has 0 saturated carbocycles. The van der Waals surface area contributed by atoms with Crippen molar-refractivity contribution in [3.63, 3.8) is 0 Å². The van der Waals surface area contributed by atoms with E-state index in [-0.39, 0.29) is 17.8 Å². The first-order chi connectivity index (χ1) is 10.6. The summed E-state index contributed by atoms with van der Waals surface area (Å²) in [5, 5.41) is 12.2. The van der Waals surface area contributed by atoms with Gasteiger partial charge in [-0.15, -0.1) is 0 Å². The lowest BCUT2D eigenvalue weighted by Crippen LogP contribution is -2.35. The lowest BCUT2D eigenvalue weighted by molar-refractivity contribution is -0.141. The van der Waals surface area contributed by atoms with Crippen molar-refractivity contribution in [3.05, 3.63) is 35.1 Å². The first-order valence-electron chi connectivity index (χ1n) is 7.68. The Morgan fingerprint density at radius 3 is 2.82 bits per heavy atom. The quantitative estimate of drug-likeness (QED) is 0.880. The molecule has 120 valence electrons.